The zero-order valence-electron chi connectivity index (χ0n) is 25.2. The van der Waals surface area contributed by atoms with Gasteiger partial charge >= 0.3 is 0 Å². The van der Waals surface area contributed by atoms with Crippen LogP contribution in [0.4, 0.5) is 5.69 Å². The van der Waals surface area contributed by atoms with Gasteiger partial charge in [-0.05, 0) is 69.5 Å². The largest absolute Gasteiger partial charge is 0.495 e. The SMILES string of the molecule is COc1ccc(Cl)cc1N(CC(=O)N(Cc1ccc(C)cc1)[C@@H](C)C(=O)NC1CCCCC1)S(=O)(=O)c1ccc(C)cc1. The van der Waals surface area contributed by atoms with Gasteiger partial charge in [-0.25, -0.2) is 8.42 Å². The number of halogens is 1. The predicted octanol–water partition coefficient (Wildman–Crippen LogP) is 6.03. The van der Waals surface area contributed by atoms with Crippen molar-refractivity contribution in [1.82, 2.24) is 10.2 Å². The second-order valence-corrected chi connectivity index (χ2v) is 13.5. The van der Waals surface area contributed by atoms with E-state index in [2.05, 4.69) is 5.32 Å². The van der Waals surface area contributed by atoms with Crippen LogP contribution in [0.2, 0.25) is 5.02 Å². The number of nitrogens with one attached hydrogen (secondary N) is 1. The third-order valence-corrected chi connectivity index (χ3v) is 9.90. The lowest BCUT2D eigenvalue weighted by molar-refractivity contribution is -0.139. The Balaban J connectivity index is 1.72. The molecule has 1 atom stereocenters. The van der Waals surface area contributed by atoms with Crippen molar-refractivity contribution < 1.29 is 22.7 Å². The highest BCUT2D eigenvalue weighted by molar-refractivity contribution is 7.92. The lowest BCUT2D eigenvalue weighted by atomic mass is 9.95. The summed E-state index contributed by atoms with van der Waals surface area (Å²) in [6.45, 7) is 5.08. The number of aryl methyl sites for hydroxylation is 2. The average Bonchev–Trinajstić information content (AvgIpc) is 2.99. The van der Waals surface area contributed by atoms with E-state index in [9.17, 15) is 18.0 Å². The van der Waals surface area contributed by atoms with Crippen molar-refractivity contribution in [3.63, 3.8) is 0 Å². The van der Waals surface area contributed by atoms with Gasteiger partial charge in [-0.1, -0.05) is 78.4 Å². The summed E-state index contributed by atoms with van der Waals surface area (Å²) in [6.07, 6.45) is 5.07. The van der Waals surface area contributed by atoms with E-state index in [0.29, 0.717) is 0 Å². The van der Waals surface area contributed by atoms with Crippen molar-refractivity contribution in [1.29, 1.82) is 0 Å². The van der Waals surface area contributed by atoms with E-state index in [1.54, 1.807) is 31.2 Å². The zero-order chi connectivity index (χ0) is 31.1. The first kappa shape index (κ1) is 32.4. The highest BCUT2D eigenvalue weighted by atomic mass is 35.5. The van der Waals surface area contributed by atoms with Gasteiger partial charge in [-0.15, -0.1) is 0 Å². The minimum atomic E-state index is -4.25. The van der Waals surface area contributed by atoms with Crippen molar-refractivity contribution in [3.8, 4) is 5.75 Å². The Morgan fingerprint density at radius 1 is 0.953 bits per heavy atom. The van der Waals surface area contributed by atoms with E-state index in [0.717, 1.165) is 53.1 Å². The van der Waals surface area contributed by atoms with E-state index in [1.807, 2.05) is 38.1 Å². The van der Waals surface area contributed by atoms with E-state index in [1.165, 1.54) is 30.2 Å². The number of rotatable bonds is 11. The molecule has 0 spiro atoms. The van der Waals surface area contributed by atoms with Crippen molar-refractivity contribution in [3.05, 3.63) is 88.4 Å². The lowest BCUT2D eigenvalue weighted by Crippen LogP contribution is -2.53. The minimum Gasteiger partial charge on any atom is -0.495 e. The Bertz CT molecular complexity index is 1520. The molecule has 230 valence electrons. The number of hydrogen-bond acceptors (Lipinski definition) is 5. The quantitative estimate of drug-likeness (QED) is 0.281. The molecule has 3 aromatic carbocycles. The molecule has 1 aliphatic rings. The smallest absolute Gasteiger partial charge is 0.264 e. The van der Waals surface area contributed by atoms with Crippen LogP contribution in [-0.2, 0) is 26.2 Å². The highest BCUT2D eigenvalue weighted by Gasteiger charge is 2.34. The molecule has 0 bridgehead atoms. The Morgan fingerprint density at radius 2 is 1.56 bits per heavy atom. The summed E-state index contributed by atoms with van der Waals surface area (Å²) in [5, 5.41) is 3.40. The molecule has 3 aromatic rings. The van der Waals surface area contributed by atoms with Crippen LogP contribution in [0, 0.1) is 13.8 Å². The molecule has 0 aliphatic heterocycles. The summed E-state index contributed by atoms with van der Waals surface area (Å²) < 4.78 is 34.8. The number of amides is 2. The molecule has 0 saturated heterocycles. The molecule has 0 aromatic heterocycles. The van der Waals surface area contributed by atoms with Crippen LogP contribution >= 0.6 is 11.6 Å². The number of sulfonamides is 1. The van der Waals surface area contributed by atoms with Gasteiger partial charge in [-0.3, -0.25) is 13.9 Å². The second-order valence-electron chi connectivity index (χ2n) is 11.2. The van der Waals surface area contributed by atoms with E-state index in [-0.39, 0.29) is 39.8 Å². The first-order valence-electron chi connectivity index (χ1n) is 14.6. The summed E-state index contributed by atoms with van der Waals surface area (Å²) >= 11 is 6.31. The third-order valence-electron chi connectivity index (χ3n) is 7.89. The fourth-order valence-corrected chi connectivity index (χ4v) is 6.83. The number of methoxy groups -OCH3 is 1. The fraction of sp³-hybridized carbons (Fsp3) is 0.394. The molecule has 8 nitrogen and oxygen atoms in total. The van der Waals surface area contributed by atoms with Gasteiger partial charge in [0, 0.05) is 17.6 Å². The first-order chi connectivity index (χ1) is 20.5. The molecule has 4 rings (SSSR count). The van der Waals surface area contributed by atoms with Crippen molar-refractivity contribution in [2.75, 3.05) is 18.0 Å². The molecule has 0 radical (unpaired) electrons. The van der Waals surface area contributed by atoms with Crippen LogP contribution in [0.15, 0.2) is 71.6 Å². The van der Waals surface area contributed by atoms with Crippen LogP contribution in [0.5, 0.6) is 5.75 Å². The molecule has 1 N–H and O–H groups in total. The number of hydrogen-bond donors (Lipinski definition) is 1. The van der Waals surface area contributed by atoms with Gasteiger partial charge in [0.05, 0.1) is 17.7 Å². The van der Waals surface area contributed by atoms with Crippen LogP contribution in [0.25, 0.3) is 0 Å². The predicted molar refractivity (Wildman–Crippen MR) is 170 cm³/mol. The third kappa shape index (κ3) is 8.09. The number of anilines is 1. The van der Waals surface area contributed by atoms with Gasteiger partial charge in [0.25, 0.3) is 10.0 Å². The molecule has 1 aliphatic carbocycles. The maximum atomic E-state index is 14.2. The lowest BCUT2D eigenvalue weighted by Gasteiger charge is -2.33. The Labute approximate surface area is 260 Å². The van der Waals surface area contributed by atoms with Gasteiger partial charge in [-0.2, -0.15) is 0 Å². The summed E-state index contributed by atoms with van der Waals surface area (Å²) in [5.74, 6) is -0.564. The maximum absolute atomic E-state index is 14.2. The number of carbonyl (C=O) groups excluding carboxylic acids is 2. The zero-order valence-corrected chi connectivity index (χ0v) is 26.7. The summed E-state index contributed by atoms with van der Waals surface area (Å²) in [6, 6.07) is 17.9. The van der Waals surface area contributed by atoms with Crippen molar-refractivity contribution >= 4 is 39.1 Å². The number of benzene rings is 3. The Morgan fingerprint density at radius 3 is 2.16 bits per heavy atom. The average molecular weight is 626 g/mol. The van der Waals surface area contributed by atoms with Crippen LogP contribution in [0.1, 0.15) is 55.7 Å². The topological polar surface area (TPSA) is 96.0 Å². The van der Waals surface area contributed by atoms with E-state index < -0.39 is 28.5 Å². The van der Waals surface area contributed by atoms with Gasteiger partial charge < -0.3 is 15.0 Å². The van der Waals surface area contributed by atoms with Crippen LogP contribution in [-0.4, -0.2) is 50.9 Å². The number of carbonyl (C=O) groups is 2. The molecule has 2 amide bonds. The standard InChI is InChI=1S/C33H40ClN3O5S/c1-23-10-14-26(15-11-23)21-36(25(3)33(39)35-28-8-6-5-7-9-28)32(38)22-37(30-20-27(34)16-19-31(30)42-4)43(40,41)29-17-12-24(2)13-18-29/h10-20,25,28H,5-9,21-22H2,1-4H3,(H,35,39)/t25-/m0/s1. The van der Waals surface area contributed by atoms with Crippen LogP contribution < -0.4 is 14.4 Å². The summed E-state index contributed by atoms with van der Waals surface area (Å²) in [4.78, 5) is 29.2. The second kappa shape index (κ2) is 14.3. The molecule has 0 unspecified atom stereocenters. The molecule has 1 fully saturated rings. The maximum Gasteiger partial charge on any atom is 0.264 e. The summed E-state index contributed by atoms with van der Waals surface area (Å²) in [5.41, 5.74) is 2.90. The number of nitrogens with zero attached hydrogens (tertiary/aromatic N) is 2. The van der Waals surface area contributed by atoms with Gasteiger partial charge in [0.2, 0.25) is 11.8 Å². The van der Waals surface area contributed by atoms with Gasteiger partial charge in [0.1, 0.15) is 18.3 Å². The fourth-order valence-electron chi connectivity index (χ4n) is 5.25. The molecule has 10 heteroatoms. The van der Waals surface area contributed by atoms with Crippen molar-refractivity contribution in [2.45, 2.75) is 76.4 Å². The molecular weight excluding hydrogens is 586 g/mol. The highest BCUT2D eigenvalue weighted by Crippen LogP contribution is 2.35. The Kier molecular flexibility index (Phi) is 10.7. The summed E-state index contributed by atoms with van der Waals surface area (Å²) in [7, 11) is -2.83. The van der Waals surface area contributed by atoms with Crippen LogP contribution in [0.3, 0.4) is 0 Å². The van der Waals surface area contributed by atoms with Crippen molar-refractivity contribution in [2.24, 2.45) is 0 Å². The van der Waals surface area contributed by atoms with E-state index >= 15 is 0 Å². The Hall–Kier alpha value is -3.56. The molecule has 0 heterocycles. The molecule has 1 saturated carbocycles. The normalized spacial score (nSPS) is 14.5. The van der Waals surface area contributed by atoms with Gasteiger partial charge in [0.15, 0.2) is 0 Å². The number of ether oxygens (including phenoxy) is 1. The van der Waals surface area contributed by atoms with E-state index in [4.69, 9.17) is 16.3 Å². The monoisotopic (exact) mass is 625 g/mol. The minimum absolute atomic E-state index is 0.0149. The first-order valence-corrected chi connectivity index (χ1v) is 16.4. The molecule has 43 heavy (non-hydrogen) atoms. The molecular formula is C33H40ClN3O5S.